The monoisotopic (exact) mass is 437 g/mol. The van der Waals surface area contributed by atoms with E-state index in [2.05, 4.69) is 27.7 Å². The van der Waals surface area contributed by atoms with Crippen LogP contribution in [0.25, 0.3) is 0 Å². The van der Waals surface area contributed by atoms with Gasteiger partial charge in [0.2, 0.25) is 5.91 Å². The minimum absolute atomic E-state index is 0.0324. The predicted octanol–water partition coefficient (Wildman–Crippen LogP) is 3.71. The number of benzene rings is 2. The number of methoxy groups -OCH3 is 1. The van der Waals surface area contributed by atoms with E-state index in [1.165, 1.54) is 12.8 Å². The van der Waals surface area contributed by atoms with Crippen LogP contribution >= 0.6 is 0 Å². The van der Waals surface area contributed by atoms with Gasteiger partial charge in [-0.05, 0) is 68.6 Å². The summed E-state index contributed by atoms with van der Waals surface area (Å²) < 4.78 is 5.29. The van der Waals surface area contributed by atoms with E-state index in [0.29, 0.717) is 12.1 Å². The van der Waals surface area contributed by atoms with Gasteiger partial charge in [0.25, 0.3) is 5.91 Å². The lowest BCUT2D eigenvalue weighted by Crippen LogP contribution is -2.51. The Balaban J connectivity index is 1.68. The third-order valence-electron chi connectivity index (χ3n) is 6.07. The van der Waals surface area contributed by atoms with Crippen LogP contribution in [0.2, 0.25) is 0 Å². The molecule has 0 spiro atoms. The smallest absolute Gasteiger partial charge is 0.251 e. The molecule has 0 bridgehead atoms. The molecule has 1 heterocycles. The quantitative estimate of drug-likeness (QED) is 0.627. The second-order valence-electron chi connectivity index (χ2n) is 8.84. The number of hydrogen-bond acceptors (Lipinski definition) is 4. The van der Waals surface area contributed by atoms with Crippen LogP contribution in [0.1, 0.15) is 54.2 Å². The van der Waals surface area contributed by atoms with Crippen LogP contribution in [0.3, 0.4) is 0 Å². The molecule has 0 aromatic heterocycles. The maximum Gasteiger partial charge on any atom is 0.251 e. The van der Waals surface area contributed by atoms with Crippen LogP contribution in [0.4, 0.5) is 0 Å². The highest BCUT2D eigenvalue weighted by Crippen LogP contribution is 2.26. The SMILES string of the molecule is COc1ccc(C(CNC(=O)C(NC(=O)c2cccc(C)c2)C(C)C)N2CCCC2)cc1. The van der Waals surface area contributed by atoms with Crippen molar-refractivity contribution >= 4 is 11.8 Å². The molecular weight excluding hydrogens is 402 g/mol. The molecule has 6 heteroatoms. The highest BCUT2D eigenvalue weighted by Gasteiger charge is 2.28. The van der Waals surface area contributed by atoms with E-state index in [1.807, 2.05) is 51.1 Å². The molecule has 1 aliphatic rings. The number of nitrogens with zero attached hydrogens (tertiary/aromatic N) is 1. The molecule has 6 nitrogen and oxygen atoms in total. The van der Waals surface area contributed by atoms with Crippen LogP contribution in [-0.2, 0) is 4.79 Å². The topological polar surface area (TPSA) is 70.7 Å². The van der Waals surface area contributed by atoms with E-state index in [0.717, 1.165) is 30.0 Å². The number of hydrogen-bond donors (Lipinski definition) is 2. The Hall–Kier alpha value is -2.86. The molecule has 32 heavy (non-hydrogen) atoms. The second kappa shape index (κ2) is 11.1. The van der Waals surface area contributed by atoms with Crippen molar-refractivity contribution in [3.8, 4) is 5.75 Å². The van der Waals surface area contributed by atoms with Crippen LogP contribution in [0.5, 0.6) is 5.75 Å². The highest BCUT2D eigenvalue weighted by molar-refractivity contribution is 5.97. The Morgan fingerprint density at radius 2 is 1.75 bits per heavy atom. The summed E-state index contributed by atoms with van der Waals surface area (Å²) in [4.78, 5) is 28.3. The predicted molar refractivity (Wildman–Crippen MR) is 127 cm³/mol. The molecule has 0 radical (unpaired) electrons. The Morgan fingerprint density at radius 1 is 1.06 bits per heavy atom. The van der Waals surface area contributed by atoms with Crippen molar-refractivity contribution in [2.24, 2.45) is 5.92 Å². The number of nitrogens with one attached hydrogen (secondary N) is 2. The fraction of sp³-hybridized carbons (Fsp3) is 0.462. The van der Waals surface area contributed by atoms with Gasteiger partial charge in [-0.15, -0.1) is 0 Å². The first-order chi connectivity index (χ1) is 15.4. The van der Waals surface area contributed by atoms with Crippen molar-refractivity contribution in [1.29, 1.82) is 0 Å². The van der Waals surface area contributed by atoms with Crippen molar-refractivity contribution in [2.75, 3.05) is 26.7 Å². The first-order valence-corrected chi connectivity index (χ1v) is 11.4. The second-order valence-corrected chi connectivity index (χ2v) is 8.84. The largest absolute Gasteiger partial charge is 0.497 e. The molecule has 2 N–H and O–H groups in total. The molecule has 0 aliphatic carbocycles. The van der Waals surface area contributed by atoms with Gasteiger partial charge in [0, 0.05) is 12.1 Å². The highest BCUT2D eigenvalue weighted by atomic mass is 16.5. The fourth-order valence-corrected chi connectivity index (χ4v) is 4.19. The van der Waals surface area contributed by atoms with E-state index in [9.17, 15) is 9.59 Å². The molecule has 3 rings (SSSR count). The molecule has 2 atom stereocenters. The van der Waals surface area contributed by atoms with E-state index in [1.54, 1.807) is 13.2 Å². The van der Waals surface area contributed by atoms with Gasteiger partial charge in [-0.1, -0.05) is 43.7 Å². The molecule has 2 amide bonds. The molecule has 1 saturated heterocycles. The Labute approximate surface area is 191 Å². The third-order valence-corrected chi connectivity index (χ3v) is 6.07. The van der Waals surface area contributed by atoms with E-state index < -0.39 is 6.04 Å². The molecular formula is C26H35N3O3. The molecule has 172 valence electrons. The Bertz CT molecular complexity index is 905. The maximum atomic E-state index is 13.1. The van der Waals surface area contributed by atoms with Gasteiger partial charge >= 0.3 is 0 Å². The van der Waals surface area contributed by atoms with Crippen molar-refractivity contribution in [3.05, 3.63) is 65.2 Å². The van der Waals surface area contributed by atoms with E-state index >= 15 is 0 Å². The Morgan fingerprint density at radius 3 is 2.34 bits per heavy atom. The van der Waals surface area contributed by atoms with Gasteiger partial charge < -0.3 is 15.4 Å². The van der Waals surface area contributed by atoms with Crippen molar-refractivity contribution in [3.63, 3.8) is 0 Å². The number of amides is 2. The molecule has 2 aromatic rings. The normalized spacial score (nSPS) is 15.9. The van der Waals surface area contributed by atoms with Gasteiger partial charge in [0.1, 0.15) is 11.8 Å². The summed E-state index contributed by atoms with van der Waals surface area (Å²) in [5.41, 5.74) is 2.73. The Kier molecular flexibility index (Phi) is 8.28. The average molecular weight is 438 g/mol. The lowest BCUT2D eigenvalue weighted by atomic mass is 10.0. The van der Waals surface area contributed by atoms with Crippen LogP contribution < -0.4 is 15.4 Å². The van der Waals surface area contributed by atoms with Crippen LogP contribution in [0, 0.1) is 12.8 Å². The van der Waals surface area contributed by atoms with Crippen LogP contribution in [-0.4, -0.2) is 49.5 Å². The summed E-state index contributed by atoms with van der Waals surface area (Å²) in [6, 6.07) is 14.9. The maximum absolute atomic E-state index is 13.1. The van der Waals surface area contributed by atoms with Crippen molar-refractivity contribution < 1.29 is 14.3 Å². The molecule has 0 saturated carbocycles. The molecule has 1 fully saturated rings. The van der Waals surface area contributed by atoms with Gasteiger partial charge in [0.05, 0.1) is 13.2 Å². The van der Waals surface area contributed by atoms with E-state index in [4.69, 9.17) is 4.74 Å². The zero-order valence-corrected chi connectivity index (χ0v) is 19.6. The van der Waals surface area contributed by atoms with Crippen LogP contribution in [0.15, 0.2) is 48.5 Å². The summed E-state index contributed by atoms with van der Waals surface area (Å²) in [7, 11) is 1.66. The first kappa shape index (κ1) is 23.8. The minimum Gasteiger partial charge on any atom is -0.497 e. The number of likely N-dealkylation sites (tertiary alicyclic amines) is 1. The van der Waals surface area contributed by atoms with Gasteiger partial charge in [-0.3, -0.25) is 14.5 Å². The summed E-state index contributed by atoms with van der Waals surface area (Å²) >= 11 is 0. The third kappa shape index (κ3) is 6.10. The van der Waals surface area contributed by atoms with E-state index in [-0.39, 0.29) is 23.8 Å². The standard InChI is InChI=1S/C26H35N3O3/c1-18(2)24(28-25(30)21-9-7-8-19(3)16-21)26(31)27-17-23(29-14-5-6-15-29)20-10-12-22(32-4)13-11-20/h7-13,16,18,23-24H,5-6,14-15,17H2,1-4H3,(H,27,31)(H,28,30). The molecule has 2 unspecified atom stereocenters. The number of carbonyl (C=O) groups is 2. The van der Waals surface area contributed by atoms with Crippen molar-refractivity contribution in [1.82, 2.24) is 15.5 Å². The lowest BCUT2D eigenvalue weighted by Gasteiger charge is -2.30. The zero-order chi connectivity index (χ0) is 23.1. The number of rotatable bonds is 9. The summed E-state index contributed by atoms with van der Waals surface area (Å²) in [6.07, 6.45) is 2.34. The average Bonchev–Trinajstić information content (AvgIpc) is 3.32. The fourth-order valence-electron chi connectivity index (χ4n) is 4.19. The number of aryl methyl sites for hydroxylation is 1. The van der Waals surface area contributed by atoms with Gasteiger partial charge in [-0.2, -0.15) is 0 Å². The zero-order valence-electron chi connectivity index (χ0n) is 19.6. The minimum atomic E-state index is -0.599. The van der Waals surface area contributed by atoms with Crippen molar-refractivity contribution in [2.45, 2.75) is 45.7 Å². The summed E-state index contributed by atoms with van der Waals surface area (Å²) in [5, 5.41) is 6.04. The molecule has 1 aliphatic heterocycles. The van der Waals surface area contributed by atoms with Gasteiger partial charge in [-0.25, -0.2) is 0 Å². The number of ether oxygens (including phenoxy) is 1. The first-order valence-electron chi connectivity index (χ1n) is 11.4. The lowest BCUT2D eigenvalue weighted by molar-refractivity contribution is -0.124. The molecule has 2 aromatic carbocycles. The van der Waals surface area contributed by atoms with Gasteiger partial charge in [0.15, 0.2) is 0 Å². The summed E-state index contributed by atoms with van der Waals surface area (Å²) in [5.74, 6) is 0.402. The summed E-state index contributed by atoms with van der Waals surface area (Å²) in [6.45, 7) is 8.37. The number of carbonyl (C=O) groups excluding carboxylic acids is 2.